The molecule has 2 heterocycles. The molecule has 0 N–H and O–H groups in total. The van der Waals surface area contributed by atoms with Gasteiger partial charge in [-0.2, -0.15) is 4.31 Å². The topological polar surface area (TPSA) is 53.5 Å². The van der Waals surface area contributed by atoms with Gasteiger partial charge < -0.3 is 4.90 Å². The summed E-state index contributed by atoms with van der Waals surface area (Å²) in [7, 11) is -3.60. The fraction of sp³-hybridized carbons (Fsp3) is 0.250. The van der Waals surface area contributed by atoms with Crippen LogP contribution < -0.4 is 4.90 Å². The molecule has 0 atom stereocenters. The Bertz CT molecular complexity index is 1160. The normalized spacial score (nSPS) is 15.5. The minimum Gasteiger partial charge on any atom is -0.345 e. The fourth-order valence-electron chi connectivity index (χ4n) is 3.28. The Morgan fingerprint density at radius 3 is 2.50 bits per heavy atom. The Morgan fingerprint density at radius 2 is 1.80 bits per heavy atom. The van der Waals surface area contributed by atoms with E-state index in [-0.39, 0.29) is 9.92 Å². The molecule has 0 aliphatic carbocycles. The monoisotopic (exact) mass is 545 g/mol. The third kappa shape index (κ3) is 4.84. The van der Waals surface area contributed by atoms with Crippen molar-refractivity contribution < 1.29 is 8.42 Å². The van der Waals surface area contributed by atoms with Crippen molar-refractivity contribution in [2.75, 3.05) is 31.1 Å². The highest BCUT2D eigenvalue weighted by Crippen LogP contribution is 2.28. The van der Waals surface area contributed by atoms with Gasteiger partial charge in [0.05, 0.1) is 20.6 Å². The second-order valence-electron chi connectivity index (χ2n) is 6.90. The summed E-state index contributed by atoms with van der Waals surface area (Å²) in [6.07, 6.45) is 0.765. The van der Waals surface area contributed by atoms with Crippen LogP contribution in [-0.4, -0.2) is 43.9 Å². The van der Waals surface area contributed by atoms with E-state index in [9.17, 15) is 8.42 Å². The van der Waals surface area contributed by atoms with Crippen molar-refractivity contribution in [2.45, 2.75) is 11.3 Å². The second kappa shape index (κ2) is 9.14. The van der Waals surface area contributed by atoms with Gasteiger partial charge in [-0.1, -0.05) is 51.3 Å². The third-order valence-corrected chi connectivity index (χ3v) is 8.93. The van der Waals surface area contributed by atoms with Crippen LogP contribution >= 0.6 is 50.5 Å². The molecule has 1 aliphatic heterocycles. The van der Waals surface area contributed by atoms with Crippen LogP contribution in [0.25, 0.3) is 0 Å². The number of halogens is 3. The summed E-state index contributed by atoms with van der Waals surface area (Å²) in [4.78, 5) is 7.05. The molecule has 1 saturated heterocycles. The summed E-state index contributed by atoms with van der Waals surface area (Å²) in [5, 5.41) is 3.56. The van der Waals surface area contributed by atoms with E-state index >= 15 is 0 Å². The Morgan fingerprint density at radius 1 is 1.03 bits per heavy atom. The van der Waals surface area contributed by atoms with Gasteiger partial charge in [0.15, 0.2) is 5.13 Å². The van der Waals surface area contributed by atoms with Gasteiger partial charge in [-0.25, -0.2) is 13.4 Å². The van der Waals surface area contributed by atoms with Gasteiger partial charge in [0.25, 0.3) is 0 Å². The molecular weight excluding hydrogens is 529 g/mol. The Kier molecular flexibility index (Phi) is 6.72. The smallest absolute Gasteiger partial charge is 0.243 e. The molecule has 1 aromatic heterocycles. The van der Waals surface area contributed by atoms with Crippen LogP contribution in [0.4, 0.5) is 5.13 Å². The number of anilines is 1. The van der Waals surface area contributed by atoms with Crippen molar-refractivity contribution in [1.82, 2.24) is 9.29 Å². The van der Waals surface area contributed by atoms with Crippen LogP contribution in [0.1, 0.15) is 11.3 Å². The van der Waals surface area contributed by atoms with Gasteiger partial charge in [0, 0.05) is 42.5 Å². The first-order valence-corrected chi connectivity index (χ1v) is 13.1. The van der Waals surface area contributed by atoms with Gasteiger partial charge >= 0.3 is 0 Å². The van der Waals surface area contributed by atoms with E-state index in [1.165, 1.54) is 28.1 Å². The number of aromatic nitrogens is 1. The molecule has 10 heteroatoms. The first-order valence-electron chi connectivity index (χ1n) is 9.22. The van der Waals surface area contributed by atoms with Crippen LogP contribution in [0.5, 0.6) is 0 Å². The maximum absolute atomic E-state index is 12.9. The van der Waals surface area contributed by atoms with Crippen LogP contribution in [0.15, 0.2) is 57.2 Å². The van der Waals surface area contributed by atoms with E-state index in [2.05, 4.69) is 38.3 Å². The maximum Gasteiger partial charge on any atom is 0.243 e. The van der Waals surface area contributed by atoms with E-state index in [1.807, 2.05) is 12.1 Å². The SMILES string of the molecule is O=S(=O)(c1ccc(Cl)c(Cl)c1)N1CCN(c2nc(Cc3cccc(Br)c3)cs2)CC1. The summed E-state index contributed by atoms with van der Waals surface area (Å²) in [5.41, 5.74) is 2.21. The number of rotatable bonds is 5. The zero-order valence-electron chi connectivity index (χ0n) is 15.8. The van der Waals surface area contributed by atoms with Crippen LogP contribution in [0, 0.1) is 0 Å². The molecule has 2 aromatic carbocycles. The van der Waals surface area contributed by atoms with Gasteiger partial charge in [-0.05, 0) is 35.9 Å². The van der Waals surface area contributed by atoms with Crippen molar-refractivity contribution >= 4 is 65.6 Å². The number of benzene rings is 2. The quantitative estimate of drug-likeness (QED) is 0.435. The van der Waals surface area contributed by atoms with Crippen LogP contribution in [-0.2, 0) is 16.4 Å². The van der Waals surface area contributed by atoms with Crippen molar-refractivity contribution in [3.05, 3.63) is 73.6 Å². The number of hydrogen-bond acceptors (Lipinski definition) is 5. The van der Waals surface area contributed by atoms with Gasteiger partial charge in [0.1, 0.15) is 0 Å². The zero-order chi connectivity index (χ0) is 21.3. The summed E-state index contributed by atoms with van der Waals surface area (Å²) in [5.74, 6) is 0. The molecule has 0 unspecified atom stereocenters. The maximum atomic E-state index is 12.9. The van der Waals surface area contributed by atoms with Crippen LogP contribution in [0.2, 0.25) is 10.0 Å². The lowest BCUT2D eigenvalue weighted by Crippen LogP contribution is -2.48. The molecular formula is C20H18BrCl2N3O2S2. The molecule has 0 radical (unpaired) electrons. The van der Waals surface area contributed by atoms with Crippen molar-refractivity contribution in [3.63, 3.8) is 0 Å². The number of sulfonamides is 1. The molecule has 4 rings (SSSR count). The molecule has 1 aliphatic rings. The molecule has 5 nitrogen and oxygen atoms in total. The number of thiazole rings is 1. The minimum absolute atomic E-state index is 0.163. The van der Waals surface area contributed by atoms with E-state index in [1.54, 1.807) is 11.3 Å². The predicted molar refractivity (Wildman–Crippen MR) is 126 cm³/mol. The highest BCUT2D eigenvalue weighted by molar-refractivity contribution is 9.10. The lowest BCUT2D eigenvalue weighted by molar-refractivity contribution is 0.384. The standard InChI is InChI=1S/C20H18BrCl2N3O2S2/c21-15-3-1-2-14(10-15)11-16-13-29-20(24-16)25-6-8-26(9-7-25)30(27,28)17-4-5-18(22)19(23)12-17/h1-5,10,12-13H,6-9,11H2. The Labute approximate surface area is 198 Å². The lowest BCUT2D eigenvalue weighted by Gasteiger charge is -2.33. The molecule has 0 amide bonds. The molecule has 158 valence electrons. The summed E-state index contributed by atoms with van der Waals surface area (Å²) >= 11 is 17.0. The molecule has 0 saturated carbocycles. The first-order chi connectivity index (χ1) is 14.3. The van der Waals surface area contributed by atoms with Gasteiger partial charge in [-0.3, -0.25) is 0 Å². The molecule has 1 fully saturated rings. The van der Waals surface area contributed by atoms with Gasteiger partial charge in [-0.15, -0.1) is 11.3 Å². The second-order valence-corrected chi connectivity index (χ2v) is 11.4. The summed E-state index contributed by atoms with van der Waals surface area (Å²) in [6.45, 7) is 1.96. The molecule has 0 spiro atoms. The molecule has 0 bridgehead atoms. The minimum atomic E-state index is -3.60. The third-order valence-electron chi connectivity index (χ3n) is 4.85. The Balaban J connectivity index is 1.41. The number of nitrogens with zero attached hydrogens (tertiary/aromatic N) is 3. The average molecular weight is 547 g/mol. The van der Waals surface area contributed by atoms with Crippen LogP contribution in [0.3, 0.4) is 0 Å². The van der Waals surface area contributed by atoms with Crippen molar-refractivity contribution in [2.24, 2.45) is 0 Å². The van der Waals surface area contributed by atoms with Gasteiger partial charge in [0.2, 0.25) is 10.0 Å². The van der Waals surface area contributed by atoms with E-state index < -0.39 is 10.0 Å². The average Bonchev–Trinajstić information content (AvgIpc) is 3.18. The molecule has 30 heavy (non-hydrogen) atoms. The van der Waals surface area contributed by atoms with E-state index in [4.69, 9.17) is 28.2 Å². The lowest BCUT2D eigenvalue weighted by atomic mass is 10.1. The highest BCUT2D eigenvalue weighted by atomic mass is 79.9. The fourth-order valence-corrected chi connectivity index (χ4v) is 6.42. The number of piperazine rings is 1. The molecule has 3 aromatic rings. The zero-order valence-corrected chi connectivity index (χ0v) is 20.5. The number of hydrogen-bond donors (Lipinski definition) is 0. The van der Waals surface area contributed by atoms with Crippen molar-refractivity contribution in [1.29, 1.82) is 0 Å². The van der Waals surface area contributed by atoms with E-state index in [0.29, 0.717) is 31.2 Å². The van der Waals surface area contributed by atoms with E-state index in [0.717, 1.165) is 21.7 Å². The summed E-state index contributed by atoms with van der Waals surface area (Å²) < 4.78 is 28.4. The Hall–Kier alpha value is -1.16. The highest BCUT2D eigenvalue weighted by Gasteiger charge is 2.29. The summed E-state index contributed by atoms with van der Waals surface area (Å²) in [6, 6.07) is 12.6. The largest absolute Gasteiger partial charge is 0.345 e. The predicted octanol–water partition coefficient (Wildman–Crippen LogP) is 5.31. The first kappa shape index (κ1) is 22.0. The van der Waals surface area contributed by atoms with Crippen molar-refractivity contribution in [3.8, 4) is 0 Å².